The lowest BCUT2D eigenvalue weighted by Gasteiger charge is -2.36. The maximum atomic E-state index is 13.3. The van der Waals surface area contributed by atoms with Crippen molar-refractivity contribution in [1.29, 1.82) is 0 Å². The molecule has 0 N–H and O–H groups in total. The van der Waals surface area contributed by atoms with Gasteiger partial charge in [-0.15, -0.1) is 11.8 Å². The quantitative estimate of drug-likeness (QED) is 0.745. The van der Waals surface area contributed by atoms with Gasteiger partial charge < -0.3 is 9.80 Å². The Morgan fingerprint density at radius 2 is 1.78 bits per heavy atom. The molecule has 5 nitrogen and oxygen atoms in total. The van der Waals surface area contributed by atoms with Gasteiger partial charge in [0.1, 0.15) is 11.2 Å². The van der Waals surface area contributed by atoms with Gasteiger partial charge in [-0.25, -0.2) is 4.39 Å². The molecule has 3 rings (SSSR count). The number of halogens is 1. The Labute approximate surface area is 164 Å². The Morgan fingerprint density at radius 3 is 2.37 bits per heavy atom. The zero-order chi connectivity index (χ0) is 19.4. The molecule has 1 aromatic carbocycles. The van der Waals surface area contributed by atoms with Crippen molar-refractivity contribution in [2.75, 3.05) is 39.3 Å². The molecule has 2 saturated heterocycles. The van der Waals surface area contributed by atoms with Gasteiger partial charge in [-0.2, -0.15) is 0 Å². The zero-order valence-electron chi connectivity index (χ0n) is 16.1. The average Bonchev–Trinajstić information content (AvgIpc) is 3.02. The lowest BCUT2D eigenvalue weighted by atomic mass is 10.2. The highest BCUT2D eigenvalue weighted by atomic mass is 32.2. The summed E-state index contributed by atoms with van der Waals surface area (Å²) in [5, 5.41) is -0.0786. The second-order valence-electron chi connectivity index (χ2n) is 7.04. The van der Waals surface area contributed by atoms with E-state index in [-0.39, 0.29) is 28.3 Å². The summed E-state index contributed by atoms with van der Waals surface area (Å²) < 4.78 is 13.3. The highest BCUT2D eigenvalue weighted by molar-refractivity contribution is 8.01. The smallest absolute Gasteiger partial charge is 0.236 e. The first-order valence-corrected chi connectivity index (χ1v) is 10.7. The van der Waals surface area contributed by atoms with Gasteiger partial charge in [0, 0.05) is 45.7 Å². The molecular formula is C20H28FN3O2S. The molecule has 2 aliphatic rings. The van der Waals surface area contributed by atoms with E-state index in [0.29, 0.717) is 13.0 Å². The van der Waals surface area contributed by atoms with E-state index in [0.717, 1.165) is 44.7 Å². The minimum atomic E-state index is -0.258. The average molecular weight is 394 g/mol. The molecule has 2 heterocycles. The van der Waals surface area contributed by atoms with E-state index in [9.17, 15) is 14.0 Å². The second kappa shape index (κ2) is 9.06. The second-order valence-corrected chi connectivity index (χ2v) is 8.33. The van der Waals surface area contributed by atoms with Gasteiger partial charge in [0.05, 0.1) is 5.25 Å². The third-order valence-corrected chi connectivity index (χ3v) is 6.99. The Bertz CT molecular complexity index is 662. The van der Waals surface area contributed by atoms with E-state index in [1.807, 2.05) is 23.6 Å². The van der Waals surface area contributed by atoms with Crippen molar-refractivity contribution < 1.29 is 14.0 Å². The third kappa shape index (κ3) is 4.63. The number of piperazine rings is 1. The molecular weight excluding hydrogens is 365 g/mol. The van der Waals surface area contributed by atoms with E-state index in [1.54, 1.807) is 23.9 Å². The lowest BCUT2D eigenvalue weighted by Crippen LogP contribution is -2.50. The number of amides is 2. The molecule has 2 atom stereocenters. The van der Waals surface area contributed by atoms with Crippen molar-refractivity contribution in [2.24, 2.45) is 0 Å². The van der Waals surface area contributed by atoms with Crippen LogP contribution in [0, 0.1) is 5.82 Å². The van der Waals surface area contributed by atoms with Crippen LogP contribution in [-0.2, 0) is 9.59 Å². The Balaban J connectivity index is 1.60. The van der Waals surface area contributed by atoms with Gasteiger partial charge in [0.15, 0.2) is 0 Å². The highest BCUT2D eigenvalue weighted by Crippen LogP contribution is 2.43. The van der Waals surface area contributed by atoms with Crippen molar-refractivity contribution in [1.82, 2.24) is 14.7 Å². The van der Waals surface area contributed by atoms with Gasteiger partial charge in [-0.05, 0) is 24.1 Å². The van der Waals surface area contributed by atoms with E-state index >= 15 is 0 Å². The van der Waals surface area contributed by atoms with Crippen molar-refractivity contribution in [3.05, 3.63) is 35.6 Å². The maximum absolute atomic E-state index is 13.3. The van der Waals surface area contributed by atoms with E-state index < -0.39 is 0 Å². The molecule has 0 unspecified atom stereocenters. The van der Waals surface area contributed by atoms with Crippen LogP contribution in [-0.4, -0.2) is 71.0 Å². The van der Waals surface area contributed by atoms with Gasteiger partial charge in [0.25, 0.3) is 0 Å². The summed E-state index contributed by atoms with van der Waals surface area (Å²) in [4.78, 5) is 30.8. The number of hydrogen-bond acceptors (Lipinski definition) is 4. The normalized spacial score (nSPS) is 23.9. The molecule has 0 spiro atoms. The standard InChI is InChI=1S/C20H28FN3O2S/c1-3-17-19(26)24(20(27-17)15-5-7-16(21)8-6-15)14-11-22-9-12-23(13-10-22)18(25)4-2/h5-8,17,20H,3-4,9-14H2,1-2H3/t17-,20+/m1/s1. The topological polar surface area (TPSA) is 43.9 Å². The minimum absolute atomic E-state index is 0.0286. The van der Waals surface area contributed by atoms with Crippen molar-refractivity contribution in [3.8, 4) is 0 Å². The van der Waals surface area contributed by atoms with Gasteiger partial charge in [-0.1, -0.05) is 26.0 Å². The Hall–Kier alpha value is -1.60. The van der Waals surface area contributed by atoms with E-state index in [4.69, 9.17) is 0 Å². The van der Waals surface area contributed by atoms with Gasteiger partial charge in [-0.3, -0.25) is 14.5 Å². The van der Waals surface area contributed by atoms with Gasteiger partial charge in [0.2, 0.25) is 11.8 Å². The van der Waals surface area contributed by atoms with E-state index in [2.05, 4.69) is 4.90 Å². The molecule has 0 radical (unpaired) electrons. The van der Waals surface area contributed by atoms with Crippen LogP contribution in [0.15, 0.2) is 24.3 Å². The van der Waals surface area contributed by atoms with Crippen molar-refractivity contribution in [3.63, 3.8) is 0 Å². The minimum Gasteiger partial charge on any atom is -0.340 e. The number of benzene rings is 1. The largest absolute Gasteiger partial charge is 0.340 e. The van der Waals surface area contributed by atoms with Crippen LogP contribution in [0.4, 0.5) is 4.39 Å². The monoisotopic (exact) mass is 393 g/mol. The van der Waals surface area contributed by atoms with Crippen LogP contribution >= 0.6 is 11.8 Å². The molecule has 0 aliphatic carbocycles. The number of thioether (sulfide) groups is 1. The SMILES string of the molecule is CCC(=O)N1CCN(CCN2C(=O)[C@@H](CC)S[C@H]2c2ccc(F)cc2)CC1. The first-order valence-electron chi connectivity index (χ1n) is 9.75. The fourth-order valence-electron chi connectivity index (χ4n) is 3.67. The number of carbonyl (C=O) groups is 2. The molecule has 0 bridgehead atoms. The van der Waals surface area contributed by atoms with Gasteiger partial charge >= 0.3 is 0 Å². The molecule has 7 heteroatoms. The number of hydrogen-bond donors (Lipinski definition) is 0. The molecule has 27 heavy (non-hydrogen) atoms. The summed E-state index contributed by atoms with van der Waals surface area (Å²) in [6.07, 6.45) is 1.35. The molecule has 2 aliphatic heterocycles. The Morgan fingerprint density at radius 1 is 1.11 bits per heavy atom. The van der Waals surface area contributed by atoms with Crippen molar-refractivity contribution in [2.45, 2.75) is 37.3 Å². The molecule has 2 amide bonds. The first kappa shape index (κ1) is 20.1. The van der Waals surface area contributed by atoms with Crippen LogP contribution in [0.5, 0.6) is 0 Å². The lowest BCUT2D eigenvalue weighted by molar-refractivity contribution is -0.132. The zero-order valence-corrected chi connectivity index (χ0v) is 16.9. The summed E-state index contributed by atoms with van der Waals surface area (Å²) in [5.41, 5.74) is 0.976. The number of nitrogens with zero attached hydrogens (tertiary/aromatic N) is 3. The number of carbonyl (C=O) groups excluding carboxylic acids is 2. The third-order valence-electron chi connectivity index (χ3n) is 5.35. The first-order chi connectivity index (χ1) is 13.0. The summed E-state index contributed by atoms with van der Waals surface area (Å²) in [6.45, 7) is 8.60. The summed E-state index contributed by atoms with van der Waals surface area (Å²) >= 11 is 1.66. The van der Waals surface area contributed by atoms with Crippen LogP contribution in [0.1, 0.15) is 37.6 Å². The molecule has 0 saturated carbocycles. The van der Waals surface area contributed by atoms with Crippen molar-refractivity contribution >= 4 is 23.6 Å². The molecule has 148 valence electrons. The fraction of sp³-hybridized carbons (Fsp3) is 0.600. The molecule has 1 aromatic rings. The van der Waals surface area contributed by atoms with Crippen LogP contribution in [0.25, 0.3) is 0 Å². The van der Waals surface area contributed by atoms with Crippen LogP contribution in [0.3, 0.4) is 0 Å². The predicted molar refractivity (Wildman–Crippen MR) is 106 cm³/mol. The van der Waals surface area contributed by atoms with E-state index in [1.165, 1.54) is 12.1 Å². The van der Waals surface area contributed by atoms with Crippen LogP contribution in [0.2, 0.25) is 0 Å². The fourth-order valence-corrected chi connectivity index (χ4v) is 5.09. The highest BCUT2D eigenvalue weighted by Gasteiger charge is 2.39. The predicted octanol–water partition coefficient (Wildman–Crippen LogP) is 2.73. The summed E-state index contributed by atoms with van der Waals surface area (Å²) in [5.74, 6) is 0.130. The maximum Gasteiger partial charge on any atom is 0.236 e. The molecule has 0 aromatic heterocycles. The molecule has 2 fully saturated rings. The Kier molecular flexibility index (Phi) is 6.76. The summed E-state index contributed by atoms with van der Waals surface area (Å²) in [7, 11) is 0. The number of rotatable bonds is 6. The summed E-state index contributed by atoms with van der Waals surface area (Å²) in [6, 6.07) is 6.48. The van der Waals surface area contributed by atoms with Crippen LogP contribution < -0.4 is 0 Å².